The van der Waals surface area contributed by atoms with Gasteiger partial charge in [0, 0.05) is 11.6 Å². The zero-order valence-corrected chi connectivity index (χ0v) is 11.4. The van der Waals surface area contributed by atoms with Gasteiger partial charge in [-0.25, -0.2) is 4.79 Å². The summed E-state index contributed by atoms with van der Waals surface area (Å²) in [6.45, 7) is 3.76. The maximum absolute atomic E-state index is 12.1. The number of aliphatic hydroxyl groups is 1. The van der Waals surface area contributed by atoms with E-state index in [9.17, 15) is 14.7 Å². The fourth-order valence-corrected chi connectivity index (χ4v) is 2.35. The second-order valence-corrected chi connectivity index (χ2v) is 5.10. The molecule has 0 unspecified atom stereocenters. The minimum atomic E-state index is -1.25. The van der Waals surface area contributed by atoms with E-state index >= 15 is 0 Å². The molecule has 0 aliphatic carbocycles. The number of carbonyl (C=O) groups is 1. The van der Waals surface area contributed by atoms with Crippen LogP contribution in [0.2, 0.25) is 0 Å². The van der Waals surface area contributed by atoms with E-state index in [0.717, 1.165) is 0 Å². The standard InChI is InChI=1S/C15H17NO4/c1-9(2)13(8-17)16-7-11(15(19)20)14(18)10-5-3-4-6-12(10)16/h3-7,9,13,17H,8H2,1-2H3,(H,19,20)/t13-/m1/s1. The molecule has 1 aromatic heterocycles. The summed E-state index contributed by atoms with van der Waals surface area (Å²) >= 11 is 0. The van der Waals surface area contributed by atoms with Gasteiger partial charge in [0.15, 0.2) is 0 Å². The maximum atomic E-state index is 12.1. The summed E-state index contributed by atoms with van der Waals surface area (Å²) in [6, 6.07) is 6.57. The third-order valence-electron chi connectivity index (χ3n) is 3.48. The Hall–Kier alpha value is -2.14. The van der Waals surface area contributed by atoms with Crippen LogP contribution in [0.4, 0.5) is 0 Å². The SMILES string of the molecule is CC(C)[C@@H](CO)n1cc(C(=O)O)c(=O)c2ccccc21. The molecular formula is C15H17NO4. The van der Waals surface area contributed by atoms with Crippen molar-refractivity contribution in [3.8, 4) is 0 Å². The first-order chi connectivity index (χ1) is 9.47. The van der Waals surface area contributed by atoms with Crippen molar-refractivity contribution in [2.45, 2.75) is 19.9 Å². The lowest BCUT2D eigenvalue weighted by molar-refractivity contribution is 0.0694. The van der Waals surface area contributed by atoms with E-state index in [1.807, 2.05) is 13.8 Å². The number of benzene rings is 1. The number of hydrogen-bond acceptors (Lipinski definition) is 3. The molecule has 0 bridgehead atoms. The molecule has 0 fully saturated rings. The fraction of sp³-hybridized carbons (Fsp3) is 0.333. The molecular weight excluding hydrogens is 258 g/mol. The highest BCUT2D eigenvalue weighted by Crippen LogP contribution is 2.22. The van der Waals surface area contributed by atoms with Gasteiger partial charge in [0.25, 0.3) is 0 Å². The molecule has 2 rings (SSSR count). The van der Waals surface area contributed by atoms with Gasteiger partial charge in [-0.05, 0) is 18.1 Å². The van der Waals surface area contributed by atoms with Gasteiger partial charge in [-0.2, -0.15) is 0 Å². The number of fused-ring (bicyclic) bond motifs is 1. The van der Waals surface area contributed by atoms with Gasteiger partial charge < -0.3 is 14.8 Å². The van der Waals surface area contributed by atoms with Crippen molar-refractivity contribution in [3.63, 3.8) is 0 Å². The van der Waals surface area contributed by atoms with Gasteiger partial charge >= 0.3 is 5.97 Å². The summed E-state index contributed by atoms with van der Waals surface area (Å²) in [7, 11) is 0. The Bertz CT molecular complexity index is 703. The summed E-state index contributed by atoms with van der Waals surface area (Å²) in [5.74, 6) is -1.15. The lowest BCUT2D eigenvalue weighted by atomic mass is 10.0. The Morgan fingerprint density at radius 2 is 1.95 bits per heavy atom. The summed E-state index contributed by atoms with van der Waals surface area (Å²) < 4.78 is 1.69. The van der Waals surface area contributed by atoms with E-state index < -0.39 is 11.4 Å². The highest BCUT2D eigenvalue weighted by Gasteiger charge is 2.20. The highest BCUT2D eigenvalue weighted by atomic mass is 16.4. The predicted octanol–water partition coefficient (Wildman–Crippen LogP) is 1.89. The normalized spacial score (nSPS) is 12.8. The monoisotopic (exact) mass is 275 g/mol. The highest BCUT2D eigenvalue weighted by molar-refractivity contribution is 5.92. The van der Waals surface area contributed by atoms with Crippen molar-refractivity contribution in [1.29, 1.82) is 0 Å². The molecule has 0 amide bonds. The number of aromatic nitrogens is 1. The Morgan fingerprint density at radius 3 is 2.50 bits per heavy atom. The molecule has 20 heavy (non-hydrogen) atoms. The van der Waals surface area contributed by atoms with Crippen molar-refractivity contribution >= 4 is 16.9 Å². The van der Waals surface area contributed by atoms with E-state index in [-0.39, 0.29) is 24.1 Å². The molecule has 5 nitrogen and oxygen atoms in total. The van der Waals surface area contributed by atoms with Crippen molar-refractivity contribution < 1.29 is 15.0 Å². The van der Waals surface area contributed by atoms with Crippen LogP contribution in [-0.2, 0) is 0 Å². The Kier molecular flexibility index (Phi) is 3.90. The summed E-state index contributed by atoms with van der Waals surface area (Å²) in [5.41, 5.74) is -0.136. The Labute approximate surface area is 116 Å². The van der Waals surface area contributed by atoms with Gasteiger partial charge in [0.2, 0.25) is 5.43 Å². The zero-order chi connectivity index (χ0) is 14.9. The number of carboxylic acids is 1. The number of aliphatic hydroxyl groups excluding tert-OH is 1. The molecule has 1 atom stereocenters. The Morgan fingerprint density at radius 1 is 1.30 bits per heavy atom. The first-order valence-electron chi connectivity index (χ1n) is 6.45. The van der Waals surface area contributed by atoms with Crippen molar-refractivity contribution in [2.24, 2.45) is 5.92 Å². The quantitative estimate of drug-likeness (QED) is 0.893. The molecule has 1 aromatic carbocycles. The van der Waals surface area contributed by atoms with Crippen LogP contribution in [-0.4, -0.2) is 27.4 Å². The second kappa shape index (κ2) is 5.46. The van der Waals surface area contributed by atoms with Gasteiger partial charge in [-0.15, -0.1) is 0 Å². The van der Waals surface area contributed by atoms with Crippen molar-refractivity contribution in [3.05, 3.63) is 46.2 Å². The average molecular weight is 275 g/mol. The largest absolute Gasteiger partial charge is 0.477 e. The minimum Gasteiger partial charge on any atom is -0.477 e. The molecule has 2 aromatic rings. The molecule has 0 saturated carbocycles. The number of nitrogens with zero attached hydrogens (tertiary/aromatic N) is 1. The van der Waals surface area contributed by atoms with Crippen LogP contribution >= 0.6 is 0 Å². The molecule has 2 N–H and O–H groups in total. The smallest absolute Gasteiger partial charge is 0.341 e. The van der Waals surface area contributed by atoms with E-state index in [2.05, 4.69) is 0 Å². The third-order valence-corrected chi connectivity index (χ3v) is 3.48. The number of para-hydroxylation sites is 1. The molecule has 106 valence electrons. The first-order valence-corrected chi connectivity index (χ1v) is 6.45. The number of aromatic carboxylic acids is 1. The molecule has 0 saturated heterocycles. The lowest BCUT2D eigenvalue weighted by Crippen LogP contribution is -2.25. The van der Waals surface area contributed by atoms with Crippen LogP contribution in [0.3, 0.4) is 0 Å². The van der Waals surface area contributed by atoms with E-state index in [0.29, 0.717) is 10.9 Å². The van der Waals surface area contributed by atoms with E-state index in [4.69, 9.17) is 5.11 Å². The second-order valence-electron chi connectivity index (χ2n) is 5.10. The van der Waals surface area contributed by atoms with Gasteiger partial charge in [0.05, 0.1) is 18.2 Å². The summed E-state index contributed by atoms with van der Waals surface area (Å²) in [4.78, 5) is 23.4. The molecule has 5 heteroatoms. The summed E-state index contributed by atoms with van der Waals surface area (Å²) in [6.07, 6.45) is 1.33. The molecule has 0 radical (unpaired) electrons. The first kappa shape index (κ1) is 14.3. The van der Waals surface area contributed by atoms with Crippen LogP contribution in [0.15, 0.2) is 35.3 Å². The zero-order valence-electron chi connectivity index (χ0n) is 11.4. The average Bonchev–Trinajstić information content (AvgIpc) is 2.41. The molecule has 0 aliphatic heterocycles. The van der Waals surface area contributed by atoms with Crippen molar-refractivity contribution in [1.82, 2.24) is 4.57 Å². The van der Waals surface area contributed by atoms with E-state index in [1.54, 1.807) is 28.8 Å². The van der Waals surface area contributed by atoms with Crippen LogP contribution in [0.1, 0.15) is 30.2 Å². The number of carboxylic acid groups (broad SMARTS) is 1. The van der Waals surface area contributed by atoms with Gasteiger partial charge in [-0.3, -0.25) is 4.79 Å². The molecule has 0 aliphatic rings. The Balaban J connectivity index is 2.86. The number of pyridine rings is 1. The van der Waals surface area contributed by atoms with E-state index in [1.165, 1.54) is 6.20 Å². The van der Waals surface area contributed by atoms with Crippen LogP contribution in [0, 0.1) is 5.92 Å². The lowest BCUT2D eigenvalue weighted by Gasteiger charge is -2.24. The van der Waals surface area contributed by atoms with Crippen LogP contribution in [0.25, 0.3) is 10.9 Å². The number of rotatable bonds is 4. The predicted molar refractivity (Wildman–Crippen MR) is 76.1 cm³/mol. The maximum Gasteiger partial charge on any atom is 0.341 e. The topological polar surface area (TPSA) is 79.5 Å². The van der Waals surface area contributed by atoms with Gasteiger partial charge in [-0.1, -0.05) is 26.0 Å². The number of hydrogen-bond donors (Lipinski definition) is 2. The summed E-state index contributed by atoms with van der Waals surface area (Å²) in [5, 5.41) is 19.1. The van der Waals surface area contributed by atoms with Gasteiger partial charge in [0.1, 0.15) is 5.56 Å². The fourth-order valence-electron chi connectivity index (χ4n) is 2.35. The van der Waals surface area contributed by atoms with Crippen LogP contribution in [0.5, 0.6) is 0 Å². The minimum absolute atomic E-state index is 0.104. The van der Waals surface area contributed by atoms with Crippen LogP contribution < -0.4 is 5.43 Å². The third kappa shape index (κ3) is 2.32. The van der Waals surface area contributed by atoms with Crippen molar-refractivity contribution in [2.75, 3.05) is 6.61 Å². The molecule has 0 spiro atoms. The molecule has 1 heterocycles.